The number of aliphatic imine (C=N–C) groups is 1. The van der Waals surface area contributed by atoms with Gasteiger partial charge in [-0.1, -0.05) is 95.7 Å². The van der Waals surface area contributed by atoms with Crippen molar-refractivity contribution in [1.82, 2.24) is 9.58 Å². The summed E-state index contributed by atoms with van der Waals surface area (Å²) >= 11 is 0. The minimum absolute atomic E-state index is 0.0125. The molecule has 0 N–H and O–H groups in total. The van der Waals surface area contributed by atoms with Crippen molar-refractivity contribution in [3.63, 3.8) is 0 Å². The Kier molecular flexibility index (Phi) is 7.84. The van der Waals surface area contributed by atoms with Crippen LogP contribution in [0.4, 0.5) is 11.4 Å². The molecule has 10 rings (SSSR count). The van der Waals surface area contributed by atoms with E-state index >= 15 is 0 Å². The molecule has 5 heteroatoms. The zero-order valence-corrected chi connectivity index (χ0v) is 34.7. The lowest BCUT2D eigenvalue weighted by atomic mass is 9.74. The van der Waals surface area contributed by atoms with Crippen molar-refractivity contribution in [2.45, 2.75) is 104 Å². The summed E-state index contributed by atoms with van der Waals surface area (Å²) < 4.78 is 2.45. The number of aryl methyl sites for hydroxylation is 1. The number of hydrazine groups is 1. The van der Waals surface area contributed by atoms with E-state index in [1.54, 1.807) is 5.57 Å². The fourth-order valence-electron chi connectivity index (χ4n) is 10.5. The van der Waals surface area contributed by atoms with Crippen molar-refractivity contribution in [2.24, 2.45) is 12.0 Å². The zero-order valence-electron chi connectivity index (χ0n) is 34.7. The summed E-state index contributed by atoms with van der Waals surface area (Å²) in [7, 11) is 4.59. The second-order valence-electron chi connectivity index (χ2n) is 18.9. The minimum atomic E-state index is -0.0310. The van der Waals surface area contributed by atoms with Crippen LogP contribution in [-0.2, 0) is 24.3 Å². The van der Waals surface area contributed by atoms with Crippen LogP contribution in [0.3, 0.4) is 0 Å². The van der Waals surface area contributed by atoms with Gasteiger partial charge < -0.3 is 9.47 Å². The van der Waals surface area contributed by atoms with Gasteiger partial charge in [-0.3, -0.25) is 10.0 Å². The maximum absolute atomic E-state index is 5.19. The molecule has 1 aromatic heterocycles. The molecule has 5 aliphatic rings. The highest BCUT2D eigenvalue weighted by Crippen LogP contribution is 2.52. The molecule has 0 fully saturated rings. The number of fused-ring (bicyclic) bond motifs is 4. The Hall–Kier alpha value is -5.13. The Bertz CT molecular complexity index is 2630. The van der Waals surface area contributed by atoms with Crippen LogP contribution < -0.4 is 9.91 Å². The van der Waals surface area contributed by atoms with E-state index in [0.29, 0.717) is 0 Å². The quantitative estimate of drug-likeness (QED) is 0.184. The maximum atomic E-state index is 5.19. The van der Waals surface area contributed by atoms with Gasteiger partial charge in [-0.05, 0) is 137 Å². The van der Waals surface area contributed by atoms with E-state index in [2.05, 4.69) is 179 Å². The molecule has 3 aliphatic carbocycles. The van der Waals surface area contributed by atoms with Gasteiger partial charge in [0.15, 0.2) is 0 Å². The summed E-state index contributed by atoms with van der Waals surface area (Å²) in [6, 6.07) is 30.2. The number of allylic oxidation sites excluding steroid dienone is 4. The molecule has 2 unspecified atom stereocenters. The Labute approximate surface area is 333 Å². The van der Waals surface area contributed by atoms with Crippen molar-refractivity contribution >= 4 is 39.4 Å². The third kappa shape index (κ3) is 5.19. The fraction of sp³-hybridized carbons (Fsp3) is 0.353. The van der Waals surface area contributed by atoms with Crippen LogP contribution in [0.25, 0.3) is 21.8 Å². The molecule has 0 saturated heterocycles. The molecule has 0 bridgehead atoms. The minimum Gasteiger partial charge on any atom is -0.342 e. The molecule has 0 spiro atoms. The number of rotatable bonds is 4. The highest BCUT2D eigenvalue weighted by atomic mass is 15.7. The summed E-state index contributed by atoms with van der Waals surface area (Å²) in [6.45, 7) is 16.4. The summed E-state index contributed by atoms with van der Waals surface area (Å²) in [5, 5.41) is 7.78. The fourth-order valence-corrected chi connectivity index (χ4v) is 10.5. The molecular formula is C51H55N5. The number of benzene rings is 4. The Balaban J connectivity index is 1.17. The number of hydrogen-bond donors (Lipinski definition) is 0. The molecule has 5 aromatic rings. The number of hydrogen-bond acceptors (Lipinski definition) is 4. The molecule has 0 radical (unpaired) electrons. The van der Waals surface area contributed by atoms with E-state index in [1.165, 1.54) is 89.1 Å². The third-order valence-corrected chi connectivity index (χ3v) is 13.4. The number of para-hydroxylation sites is 1. The molecule has 5 nitrogen and oxygen atoms in total. The summed E-state index contributed by atoms with van der Waals surface area (Å²) in [5.74, 6) is 0. The van der Waals surface area contributed by atoms with Crippen molar-refractivity contribution < 1.29 is 0 Å². The number of likely N-dealkylation sites (N-methyl/N-ethyl adjacent to an activating group) is 1. The monoisotopic (exact) mass is 737 g/mol. The first kappa shape index (κ1) is 35.3. The van der Waals surface area contributed by atoms with Gasteiger partial charge in [-0.2, -0.15) is 5.01 Å². The number of aromatic nitrogens is 1. The van der Waals surface area contributed by atoms with E-state index in [1.807, 2.05) is 0 Å². The Morgan fingerprint density at radius 2 is 1.55 bits per heavy atom. The first-order chi connectivity index (χ1) is 26.8. The first-order valence-corrected chi connectivity index (χ1v) is 20.7. The van der Waals surface area contributed by atoms with Gasteiger partial charge in [0.25, 0.3) is 0 Å². The van der Waals surface area contributed by atoms with E-state index in [9.17, 15) is 0 Å². The zero-order chi connectivity index (χ0) is 38.8. The topological polar surface area (TPSA) is 27.0 Å². The number of anilines is 2. The molecule has 0 amide bonds. The smallest absolute Gasteiger partial charge is 0.128 e. The lowest BCUT2D eigenvalue weighted by Gasteiger charge is -2.43. The van der Waals surface area contributed by atoms with E-state index in [0.717, 1.165) is 32.1 Å². The van der Waals surface area contributed by atoms with Crippen LogP contribution >= 0.6 is 0 Å². The largest absolute Gasteiger partial charge is 0.342 e. The normalized spacial score (nSPS) is 20.8. The van der Waals surface area contributed by atoms with Crippen LogP contribution in [0.15, 0.2) is 130 Å². The third-order valence-electron chi connectivity index (χ3n) is 13.4. The number of nitrogens with zero attached hydrogens (tertiary/aromatic N) is 5. The highest BCUT2D eigenvalue weighted by molar-refractivity contribution is 6.13. The van der Waals surface area contributed by atoms with Gasteiger partial charge in [0.05, 0.1) is 16.9 Å². The van der Waals surface area contributed by atoms with E-state index in [-0.39, 0.29) is 23.0 Å². The van der Waals surface area contributed by atoms with Crippen LogP contribution in [-0.4, -0.2) is 29.0 Å². The molecule has 0 saturated carbocycles. The Morgan fingerprint density at radius 1 is 0.786 bits per heavy atom. The SMILES string of the molecule is CC1=C(N(c2ccccc2)C2C3=C(C=CCC3)N(c3cc(C(C)(C)C)cc4c5cc(C(C)(C)C)ccc5n(C)c34)N2C)CCC2=C1C1N=Cc3cccc(c31)C2. The molecule has 284 valence electrons. The molecule has 4 aromatic carbocycles. The second kappa shape index (κ2) is 12.4. The van der Waals surface area contributed by atoms with Gasteiger partial charge in [-0.25, -0.2) is 0 Å². The predicted octanol–water partition coefficient (Wildman–Crippen LogP) is 12.1. The van der Waals surface area contributed by atoms with Crippen LogP contribution in [0.5, 0.6) is 0 Å². The van der Waals surface area contributed by atoms with Crippen LogP contribution in [0.2, 0.25) is 0 Å². The first-order valence-electron chi connectivity index (χ1n) is 20.7. The van der Waals surface area contributed by atoms with Crippen molar-refractivity contribution in [1.29, 1.82) is 0 Å². The molecular weight excluding hydrogens is 683 g/mol. The van der Waals surface area contributed by atoms with Gasteiger partial charge in [0.2, 0.25) is 0 Å². The average Bonchev–Trinajstić information content (AvgIpc) is 3.83. The summed E-state index contributed by atoms with van der Waals surface area (Å²) in [5.41, 5.74) is 20.6. The highest BCUT2D eigenvalue weighted by Gasteiger charge is 2.45. The lowest BCUT2D eigenvalue weighted by Crippen LogP contribution is -2.50. The van der Waals surface area contributed by atoms with E-state index < -0.39 is 0 Å². The van der Waals surface area contributed by atoms with Crippen LogP contribution in [0, 0.1) is 0 Å². The molecule has 3 heterocycles. The molecule has 2 aliphatic heterocycles. The van der Waals surface area contributed by atoms with Gasteiger partial charge >= 0.3 is 0 Å². The average molecular weight is 738 g/mol. The second-order valence-corrected chi connectivity index (χ2v) is 18.9. The van der Waals surface area contributed by atoms with Crippen molar-refractivity contribution in [3.05, 3.63) is 153 Å². The Morgan fingerprint density at radius 3 is 2.32 bits per heavy atom. The van der Waals surface area contributed by atoms with Gasteiger partial charge in [0.1, 0.15) is 12.2 Å². The lowest BCUT2D eigenvalue weighted by molar-refractivity contribution is 0.290. The summed E-state index contributed by atoms with van der Waals surface area (Å²) in [4.78, 5) is 7.90. The van der Waals surface area contributed by atoms with Gasteiger partial charge in [-0.15, -0.1) is 0 Å². The van der Waals surface area contributed by atoms with Crippen molar-refractivity contribution in [2.75, 3.05) is 17.0 Å². The van der Waals surface area contributed by atoms with E-state index in [4.69, 9.17) is 4.99 Å². The molecule has 56 heavy (non-hydrogen) atoms. The van der Waals surface area contributed by atoms with Gasteiger partial charge in [0, 0.05) is 48.0 Å². The molecule has 2 atom stereocenters. The van der Waals surface area contributed by atoms with Crippen molar-refractivity contribution in [3.8, 4) is 0 Å². The standard InChI is InChI=1S/C51H55N5/c1-31-41(24-22-33-26-32-16-15-17-34-30-52-47(45(31)33)46(32)34)55(37-18-11-10-12-19-37)49-38-20-13-14-21-43(38)56(54(49)9)44-29-36(51(5,6)7)28-40-39-27-35(50(2,3)4)23-25-42(39)53(8)48(40)44/h10-12,14-19,21,23,25,27-30,47,49H,13,20,22,24,26H2,1-9H3. The summed E-state index contributed by atoms with van der Waals surface area (Å²) in [6.07, 6.45) is 12.1. The maximum Gasteiger partial charge on any atom is 0.128 e. The predicted molar refractivity (Wildman–Crippen MR) is 236 cm³/mol. The van der Waals surface area contributed by atoms with Crippen LogP contribution in [0.1, 0.15) is 108 Å².